The van der Waals surface area contributed by atoms with Gasteiger partial charge in [0.05, 0.1) is 16.9 Å². The standard InChI is InChI=1S/C33H21N2S.C13H12N.Ir/c1-3-9-23(10-4-1)24-15-17-25(18-16-24)26-19-20-32-28(21-26)29(22-36-32)33-34-30-13-7-8-14-31(30)35(33)27-11-5-2-6-12-27;1-10-3-6-12(7-4-10)13-8-5-11(2)9-14-13;/h1-21H;3-6,8-9H,1-2H3;/q2*-1;/i;1D3,2D3;. The topological polar surface area (TPSA) is 30.7 Å². The van der Waals surface area contributed by atoms with E-state index in [-0.39, 0.29) is 31.2 Å². The summed E-state index contributed by atoms with van der Waals surface area (Å²) in [6.45, 7) is -4.34. The maximum atomic E-state index is 7.28. The van der Waals surface area contributed by atoms with Crippen LogP contribution in [0.3, 0.4) is 0 Å². The van der Waals surface area contributed by atoms with Crippen molar-refractivity contribution in [3.8, 4) is 50.6 Å². The van der Waals surface area contributed by atoms with E-state index in [4.69, 9.17) is 13.2 Å². The zero-order chi connectivity index (χ0) is 38.9. The summed E-state index contributed by atoms with van der Waals surface area (Å²) in [7, 11) is 0. The van der Waals surface area contributed by atoms with Crippen LogP contribution in [-0.2, 0) is 20.1 Å². The first-order valence-electron chi connectivity index (χ1n) is 19.2. The number of hydrogen-bond acceptors (Lipinski definition) is 3. The van der Waals surface area contributed by atoms with E-state index in [0.717, 1.165) is 28.1 Å². The Balaban J connectivity index is 0.000000202. The van der Waals surface area contributed by atoms with E-state index < -0.39 is 13.7 Å². The molecule has 0 atom stereocenters. The van der Waals surface area contributed by atoms with Crippen LogP contribution in [0.25, 0.3) is 71.7 Å². The molecule has 3 nitrogen and oxygen atoms in total. The molecule has 0 N–H and O–H groups in total. The van der Waals surface area contributed by atoms with E-state index in [2.05, 4.69) is 136 Å². The molecule has 3 heterocycles. The van der Waals surface area contributed by atoms with Crippen LogP contribution in [0, 0.1) is 25.2 Å². The molecule has 5 heteroatoms. The molecule has 0 fully saturated rings. The number of benzene rings is 6. The second kappa shape index (κ2) is 15.2. The Labute approximate surface area is 324 Å². The molecule has 0 saturated carbocycles. The van der Waals surface area contributed by atoms with E-state index in [1.807, 2.05) is 12.1 Å². The normalized spacial score (nSPS) is 13.0. The number of pyridine rings is 1. The molecular formula is C46H33IrN3S-2. The molecule has 3 aromatic heterocycles. The monoisotopic (exact) mass is 858 g/mol. The SMILES string of the molecule is [2H]C([2H])([2H])c1c[c-]c(-c2ccc(C([2H])([2H])[2H])cn2)cc1.[Ir].[c-]1sc2ccc(-c3ccc(-c4ccccc4)cc3)cc2c1-c1nc2ccccc2n1-c1ccccc1. The molecule has 6 aromatic carbocycles. The molecule has 9 aromatic rings. The first kappa shape index (κ1) is 27.3. The van der Waals surface area contributed by atoms with Crippen molar-refractivity contribution in [2.24, 2.45) is 0 Å². The van der Waals surface area contributed by atoms with Gasteiger partial charge in [-0.1, -0.05) is 138 Å². The number of thiophene rings is 1. The number of aromatic nitrogens is 3. The Morgan fingerprint density at radius 3 is 2.02 bits per heavy atom. The van der Waals surface area contributed by atoms with Crippen molar-refractivity contribution in [2.45, 2.75) is 13.7 Å². The van der Waals surface area contributed by atoms with Crippen molar-refractivity contribution in [3.63, 3.8) is 0 Å². The number of fused-ring (bicyclic) bond motifs is 2. The summed E-state index contributed by atoms with van der Waals surface area (Å²) >= 11 is 1.65. The quantitative estimate of drug-likeness (QED) is 0.161. The second-order valence-corrected chi connectivity index (χ2v) is 12.6. The molecule has 0 amide bonds. The summed E-state index contributed by atoms with van der Waals surface area (Å²) in [6.07, 6.45) is 1.30. The molecule has 9 rings (SSSR count). The van der Waals surface area contributed by atoms with Crippen LogP contribution >= 0.6 is 11.3 Å². The van der Waals surface area contributed by atoms with Crippen LogP contribution < -0.4 is 0 Å². The third-order valence-corrected chi connectivity index (χ3v) is 9.37. The summed E-state index contributed by atoms with van der Waals surface area (Å²) in [6, 6.07) is 55.2. The Bertz CT molecular complexity index is 2690. The van der Waals surface area contributed by atoms with Gasteiger partial charge in [0.2, 0.25) is 0 Å². The number of hydrogen-bond donors (Lipinski definition) is 0. The molecule has 0 unspecified atom stereocenters. The van der Waals surface area contributed by atoms with Gasteiger partial charge in [-0.15, -0.1) is 40.8 Å². The van der Waals surface area contributed by atoms with E-state index >= 15 is 0 Å². The van der Waals surface area contributed by atoms with Gasteiger partial charge in [0.25, 0.3) is 0 Å². The van der Waals surface area contributed by atoms with Crippen LogP contribution in [-0.4, -0.2) is 14.5 Å². The second-order valence-electron chi connectivity index (χ2n) is 11.8. The van der Waals surface area contributed by atoms with Crippen LogP contribution in [0.5, 0.6) is 0 Å². The first-order valence-corrected chi connectivity index (χ1v) is 17.0. The van der Waals surface area contributed by atoms with Crippen LogP contribution in [0.2, 0.25) is 0 Å². The summed E-state index contributed by atoms with van der Waals surface area (Å²) in [5, 5.41) is 4.75. The predicted octanol–water partition coefficient (Wildman–Crippen LogP) is 12.2. The fourth-order valence-corrected chi connectivity index (χ4v) is 6.80. The van der Waals surface area contributed by atoms with Gasteiger partial charge in [-0.3, -0.25) is 16.3 Å². The Morgan fingerprint density at radius 2 is 1.31 bits per heavy atom. The summed E-state index contributed by atoms with van der Waals surface area (Å²) in [5.74, 6) is 0.922. The zero-order valence-electron chi connectivity index (χ0n) is 33.2. The minimum atomic E-state index is -2.18. The molecule has 0 aliphatic heterocycles. The van der Waals surface area contributed by atoms with E-state index in [1.54, 1.807) is 23.5 Å². The average molecular weight is 858 g/mol. The van der Waals surface area contributed by atoms with Gasteiger partial charge in [-0.05, 0) is 64.6 Å². The Hall–Kier alpha value is -5.45. The minimum absolute atomic E-state index is 0. The van der Waals surface area contributed by atoms with Crippen LogP contribution in [0.1, 0.15) is 19.4 Å². The fraction of sp³-hybridized carbons (Fsp3) is 0.0435. The predicted molar refractivity (Wildman–Crippen MR) is 210 cm³/mol. The molecular weight excluding hydrogens is 819 g/mol. The largest absolute Gasteiger partial charge is 0.333 e. The van der Waals surface area contributed by atoms with Crippen molar-refractivity contribution < 1.29 is 28.3 Å². The Kier molecular flexibility index (Phi) is 8.14. The van der Waals surface area contributed by atoms with Gasteiger partial charge >= 0.3 is 0 Å². The summed E-state index contributed by atoms with van der Waals surface area (Å²) in [5.41, 5.74) is 10.6. The number of nitrogens with zero attached hydrogens (tertiary/aromatic N) is 3. The maximum Gasteiger partial charge on any atom is 0.0774 e. The molecule has 51 heavy (non-hydrogen) atoms. The van der Waals surface area contributed by atoms with Gasteiger partial charge in [0, 0.05) is 40.2 Å². The van der Waals surface area contributed by atoms with Crippen molar-refractivity contribution in [2.75, 3.05) is 0 Å². The van der Waals surface area contributed by atoms with Crippen molar-refractivity contribution in [3.05, 3.63) is 186 Å². The average Bonchev–Trinajstić information content (AvgIpc) is 3.83. The van der Waals surface area contributed by atoms with Gasteiger partial charge in [-0.25, -0.2) is 0 Å². The van der Waals surface area contributed by atoms with Crippen molar-refractivity contribution >= 4 is 32.5 Å². The number of rotatable bonds is 5. The fourth-order valence-electron chi connectivity index (χ4n) is 5.98. The molecule has 0 aliphatic rings. The number of aryl methyl sites for hydroxylation is 2. The smallest absolute Gasteiger partial charge is 0.0774 e. The zero-order valence-corrected chi connectivity index (χ0v) is 30.4. The third-order valence-electron chi connectivity index (χ3n) is 8.49. The first-order chi connectivity index (χ1) is 27.0. The van der Waals surface area contributed by atoms with E-state index in [9.17, 15) is 0 Å². The Morgan fingerprint density at radius 1 is 0.647 bits per heavy atom. The molecule has 0 spiro atoms. The van der Waals surface area contributed by atoms with Gasteiger partial charge < -0.3 is 9.55 Å². The van der Waals surface area contributed by atoms with Gasteiger partial charge in [-0.2, -0.15) is 0 Å². The van der Waals surface area contributed by atoms with Crippen LogP contribution in [0.4, 0.5) is 0 Å². The summed E-state index contributed by atoms with van der Waals surface area (Å²) < 4.78 is 47.1. The molecule has 1 radical (unpaired) electrons. The number of para-hydroxylation sites is 3. The molecule has 249 valence electrons. The van der Waals surface area contributed by atoms with Gasteiger partial charge in [0.1, 0.15) is 0 Å². The summed E-state index contributed by atoms with van der Waals surface area (Å²) in [4.78, 5) is 9.14. The molecule has 0 aliphatic carbocycles. The van der Waals surface area contributed by atoms with E-state index in [0.29, 0.717) is 11.3 Å². The minimum Gasteiger partial charge on any atom is -0.333 e. The van der Waals surface area contributed by atoms with Gasteiger partial charge in [0.15, 0.2) is 0 Å². The maximum absolute atomic E-state index is 7.28. The molecule has 0 bridgehead atoms. The van der Waals surface area contributed by atoms with Crippen molar-refractivity contribution in [1.82, 2.24) is 14.5 Å². The molecule has 0 saturated heterocycles. The van der Waals surface area contributed by atoms with E-state index in [1.165, 1.54) is 56.7 Å². The van der Waals surface area contributed by atoms with Crippen LogP contribution in [0.15, 0.2) is 164 Å². The van der Waals surface area contributed by atoms with Crippen molar-refractivity contribution in [1.29, 1.82) is 0 Å². The third kappa shape index (κ3) is 7.24. The number of imidazole rings is 1.